The van der Waals surface area contributed by atoms with E-state index in [1.54, 1.807) is 12.1 Å². The second-order valence-electron chi connectivity index (χ2n) is 6.80. The third kappa shape index (κ3) is 4.37. The van der Waals surface area contributed by atoms with Gasteiger partial charge in [0, 0.05) is 39.6 Å². The van der Waals surface area contributed by atoms with Crippen LogP contribution < -0.4 is 0 Å². The molecule has 1 aromatic carbocycles. The zero-order valence-electron chi connectivity index (χ0n) is 14.8. The predicted octanol–water partition coefficient (Wildman–Crippen LogP) is 3.08. The standard InChI is InChI=1S/C20H24N2O3/c1-15-12-21(14-17-6-4-3-5-7-17)10-11-22(13-15)20(24)19-9-8-18(25-19)16(2)23/h3-9,15H,10-14H2,1-2H3. The fourth-order valence-electron chi connectivity index (χ4n) is 3.29. The summed E-state index contributed by atoms with van der Waals surface area (Å²) < 4.78 is 5.40. The summed E-state index contributed by atoms with van der Waals surface area (Å²) in [6.45, 7) is 7.62. The molecule has 0 bridgehead atoms. The maximum atomic E-state index is 12.7. The number of rotatable bonds is 4. The van der Waals surface area contributed by atoms with E-state index in [2.05, 4.69) is 36.1 Å². The lowest BCUT2D eigenvalue weighted by Gasteiger charge is -2.21. The lowest BCUT2D eigenvalue weighted by atomic mass is 10.1. The molecule has 1 aliphatic heterocycles. The van der Waals surface area contributed by atoms with Crippen molar-refractivity contribution in [2.45, 2.75) is 20.4 Å². The molecule has 2 aromatic rings. The molecule has 1 aromatic heterocycles. The van der Waals surface area contributed by atoms with Crippen LogP contribution in [0.15, 0.2) is 46.9 Å². The lowest BCUT2D eigenvalue weighted by molar-refractivity contribution is 0.0714. The Hall–Kier alpha value is -2.40. The molecule has 0 aliphatic carbocycles. The first-order valence-electron chi connectivity index (χ1n) is 8.69. The maximum Gasteiger partial charge on any atom is 0.289 e. The minimum Gasteiger partial charge on any atom is -0.448 e. The Bertz CT molecular complexity index is 738. The van der Waals surface area contributed by atoms with Crippen LogP contribution in [0.4, 0.5) is 0 Å². The number of amides is 1. The molecule has 0 radical (unpaired) electrons. The lowest BCUT2D eigenvalue weighted by Crippen LogP contribution is -2.35. The maximum absolute atomic E-state index is 12.7. The van der Waals surface area contributed by atoms with E-state index >= 15 is 0 Å². The number of carbonyl (C=O) groups is 2. The average molecular weight is 340 g/mol. The highest BCUT2D eigenvalue weighted by molar-refractivity contribution is 5.95. The monoisotopic (exact) mass is 340 g/mol. The first-order chi connectivity index (χ1) is 12.0. The fraction of sp³-hybridized carbons (Fsp3) is 0.400. The van der Waals surface area contributed by atoms with Gasteiger partial charge in [-0.25, -0.2) is 0 Å². The van der Waals surface area contributed by atoms with Crippen LogP contribution in [-0.4, -0.2) is 47.7 Å². The molecule has 0 spiro atoms. The molecule has 0 saturated carbocycles. The van der Waals surface area contributed by atoms with Gasteiger partial charge in [0.2, 0.25) is 0 Å². The second kappa shape index (κ2) is 7.66. The average Bonchev–Trinajstić information content (AvgIpc) is 3.01. The quantitative estimate of drug-likeness (QED) is 0.803. The van der Waals surface area contributed by atoms with Crippen molar-refractivity contribution < 1.29 is 14.0 Å². The van der Waals surface area contributed by atoms with Gasteiger partial charge in [0.1, 0.15) is 0 Å². The Morgan fingerprint density at radius 3 is 2.44 bits per heavy atom. The minimum absolute atomic E-state index is 0.138. The number of hydrogen-bond acceptors (Lipinski definition) is 4. The van der Waals surface area contributed by atoms with Gasteiger partial charge in [0.25, 0.3) is 5.91 Å². The minimum atomic E-state index is -0.169. The summed E-state index contributed by atoms with van der Waals surface area (Å²) in [5, 5.41) is 0. The topological polar surface area (TPSA) is 53.8 Å². The van der Waals surface area contributed by atoms with E-state index in [4.69, 9.17) is 4.42 Å². The Kier molecular flexibility index (Phi) is 5.34. The van der Waals surface area contributed by atoms with E-state index in [9.17, 15) is 9.59 Å². The number of furan rings is 1. The molecule has 5 heteroatoms. The molecule has 1 unspecified atom stereocenters. The molecule has 1 fully saturated rings. The van der Waals surface area contributed by atoms with Gasteiger partial charge in [-0.2, -0.15) is 0 Å². The van der Waals surface area contributed by atoms with Crippen LogP contribution in [0, 0.1) is 5.92 Å². The molecule has 132 valence electrons. The molecule has 1 atom stereocenters. The van der Waals surface area contributed by atoms with Crippen molar-refractivity contribution >= 4 is 11.7 Å². The van der Waals surface area contributed by atoms with Crippen LogP contribution in [0.25, 0.3) is 0 Å². The van der Waals surface area contributed by atoms with Crippen LogP contribution in [0.1, 0.15) is 40.5 Å². The summed E-state index contributed by atoms with van der Waals surface area (Å²) in [5.74, 6) is 0.543. The van der Waals surface area contributed by atoms with Gasteiger partial charge in [0.15, 0.2) is 17.3 Å². The van der Waals surface area contributed by atoms with Crippen LogP contribution in [-0.2, 0) is 6.54 Å². The Morgan fingerprint density at radius 1 is 1.04 bits per heavy atom. The van der Waals surface area contributed by atoms with Gasteiger partial charge in [-0.05, 0) is 23.6 Å². The largest absolute Gasteiger partial charge is 0.448 e. The van der Waals surface area contributed by atoms with Gasteiger partial charge in [-0.1, -0.05) is 37.3 Å². The first kappa shape index (κ1) is 17.4. The Morgan fingerprint density at radius 2 is 1.76 bits per heavy atom. The van der Waals surface area contributed by atoms with Gasteiger partial charge in [0.05, 0.1) is 0 Å². The molecule has 2 heterocycles. The number of carbonyl (C=O) groups excluding carboxylic acids is 2. The number of nitrogens with zero attached hydrogens (tertiary/aromatic N) is 2. The third-order valence-corrected chi connectivity index (χ3v) is 4.49. The molecule has 1 aliphatic rings. The highest BCUT2D eigenvalue weighted by Crippen LogP contribution is 2.17. The second-order valence-corrected chi connectivity index (χ2v) is 6.80. The summed E-state index contributed by atoms with van der Waals surface area (Å²) in [6.07, 6.45) is 0. The van der Waals surface area contributed by atoms with Gasteiger partial charge < -0.3 is 9.32 Å². The van der Waals surface area contributed by atoms with Crippen molar-refractivity contribution in [3.05, 3.63) is 59.5 Å². The van der Waals surface area contributed by atoms with E-state index in [-0.39, 0.29) is 23.2 Å². The molecule has 1 amide bonds. The molecule has 25 heavy (non-hydrogen) atoms. The van der Waals surface area contributed by atoms with E-state index in [1.807, 2.05) is 11.0 Å². The summed E-state index contributed by atoms with van der Waals surface area (Å²) in [7, 11) is 0. The van der Waals surface area contributed by atoms with Gasteiger partial charge >= 0.3 is 0 Å². The predicted molar refractivity (Wildman–Crippen MR) is 95.5 cm³/mol. The molecule has 0 N–H and O–H groups in total. The summed E-state index contributed by atoms with van der Waals surface area (Å²) >= 11 is 0. The van der Waals surface area contributed by atoms with Crippen LogP contribution >= 0.6 is 0 Å². The van der Waals surface area contributed by atoms with Crippen LogP contribution in [0.3, 0.4) is 0 Å². The van der Waals surface area contributed by atoms with Crippen molar-refractivity contribution in [1.29, 1.82) is 0 Å². The van der Waals surface area contributed by atoms with E-state index in [1.165, 1.54) is 12.5 Å². The third-order valence-electron chi connectivity index (χ3n) is 4.49. The summed E-state index contributed by atoms with van der Waals surface area (Å²) in [6, 6.07) is 13.5. The van der Waals surface area contributed by atoms with Crippen molar-refractivity contribution in [1.82, 2.24) is 9.80 Å². The molecule has 5 nitrogen and oxygen atoms in total. The smallest absolute Gasteiger partial charge is 0.289 e. The summed E-state index contributed by atoms with van der Waals surface area (Å²) in [4.78, 5) is 28.3. The number of hydrogen-bond donors (Lipinski definition) is 0. The van der Waals surface area contributed by atoms with E-state index in [0.717, 1.165) is 19.6 Å². The molecule has 3 rings (SSSR count). The Balaban J connectivity index is 1.65. The van der Waals surface area contributed by atoms with Crippen molar-refractivity contribution in [3.63, 3.8) is 0 Å². The highest BCUT2D eigenvalue weighted by atomic mass is 16.4. The van der Waals surface area contributed by atoms with Crippen molar-refractivity contribution in [2.24, 2.45) is 5.92 Å². The van der Waals surface area contributed by atoms with Crippen LogP contribution in [0.2, 0.25) is 0 Å². The van der Waals surface area contributed by atoms with Gasteiger partial charge in [-0.3, -0.25) is 14.5 Å². The normalized spacial score (nSPS) is 18.8. The number of benzene rings is 1. The highest BCUT2D eigenvalue weighted by Gasteiger charge is 2.26. The molecular weight excluding hydrogens is 316 g/mol. The molecular formula is C20H24N2O3. The van der Waals surface area contributed by atoms with Crippen molar-refractivity contribution in [3.8, 4) is 0 Å². The zero-order chi connectivity index (χ0) is 17.8. The number of ketones is 1. The van der Waals surface area contributed by atoms with Crippen molar-refractivity contribution in [2.75, 3.05) is 26.2 Å². The van der Waals surface area contributed by atoms with E-state index < -0.39 is 0 Å². The number of Topliss-reactive ketones (excluding diaryl/α,β-unsaturated/α-hetero) is 1. The summed E-state index contributed by atoms with van der Waals surface area (Å²) in [5.41, 5.74) is 1.28. The van der Waals surface area contributed by atoms with E-state index in [0.29, 0.717) is 19.0 Å². The SMILES string of the molecule is CC(=O)c1ccc(C(=O)N2CCN(Cc3ccccc3)CC(C)C2)o1. The molecule has 1 saturated heterocycles. The first-order valence-corrected chi connectivity index (χ1v) is 8.69. The van der Waals surface area contributed by atoms with Crippen LogP contribution in [0.5, 0.6) is 0 Å². The van der Waals surface area contributed by atoms with Gasteiger partial charge in [-0.15, -0.1) is 0 Å². The zero-order valence-corrected chi connectivity index (χ0v) is 14.8. The Labute approximate surface area is 148 Å². The fourth-order valence-corrected chi connectivity index (χ4v) is 3.29.